The smallest absolute Gasteiger partial charge is 0.329 e. The molecule has 0 bridgehead atoms. The second-order valence-electron chi connectivity index (χ2n) is 12.2. The minimum Gasteiger partial charge on any atom is -0.481 e. The molecule has 0 aromatic heterocycles. The molecule has 40 heavy (non-hydrogen) atoms. The maximum Gasteiger partial charge on any atom is 0.329 e. The molecular weight excluding hydrogens is 502 g/mol. The molecule has 6 heteroatoms. The Balaban J connectivity index is 3.79. The van der Waals surface area contributed by atoms with Gasteiger partial charge in [0.15, 0.2) is 0 Å². The molecule has 236 valence electrons. The van der Waals surface area contributed by atoms with Crippen molar-refractivity contribution in [2.75, 3.05) is 6.61 Å². The maximum absolute atomic E-state index is 12.4. The van der Waals surface area contributed by atoms with Crippen LogP contribution in [0.5, 0.6) is 0 Å². The monoisotopic (exact) mass is 567 g/mol. The molecule has 1 amide bonds. The van der Waals surface area contributed by atoms with Crippen LogP contribution >= 0.6 is 0 Å². The minimum atomic E-state index is -1.12. The Morgan fingerprint density at radius 3 is 1.50 bits per heavy atom. The van der Waals surface area contributed by atoms with E-state index in [4.69, 9.17) is 9.84 Å². The summed E-state index contributed by atoms with van der Waals surface area (Å²) < 4.78 is 5.29. The van der Waals surface area contributed by atoms with Crippen LogP contribution in [0, 0.1) is 5.92 Å². The van der Waals surface area contributed by atoms with Gasteiger partial charge in [-0.15, -0.1) is 0 Å². The van der Waals surface area contributed by atoms with Crippen LogP contribution in [0.3, 0.4) is 0 Å². The summed E-state index contributed by atoms with van der Waals surface area (Å²) in [7, 11) is 0. The molecule has 0 heterocycles. The number of unbranched alkanes of at least 4 members (excludes halogenated alkanes) is 20. The SMILES string of the molecule is CCCCCCCCCCCCCCCCCC(=O)N[C@@H](CC(=O)O)C(=O)OCCCCCCCCCC(C)C. The predicted octanol–water partition coefficient (Wildman–Crippen LogP) is 9.53. The van der Waals surface area contributed by atoms with Gasteiger partial charge in [0.25, 0.3) is 0 Å². The summed E-state index contributed by atoms with van der Waals surface area (Å²) >= 11 is 0. The van der Waals surface area contributed by atoms with Gasteiger partial charge in [-0.1, -0.05) is 156 Å². The van der Waals surface area contributed by atoms with E-state index in [1.54, 1.807) is 0 Å². The molecule has 0 unspecified atom stereocenters. The number of hydrogen-bond donors (Lipinski definition) is 2. The van der Waals surface area contributed by atoms with Crippen molar-refractivity contribution in [1.29, 1.82) is 0 Å². The number of carboxylic acids is 1. The first-order chi connectivity index (χ1) is 19.4. The van der Waals surface area contributed by atoms with Crippen molar-refractivity contribution in [3.8, 4) is 0 Å². The van der Waals surface area contributed by atoms with E-state index >= 15 is 0 Å². The fourth-order valence-corrected chi connectivity index (χ4v) is 5.10. The number of amides is 1. The van der Waals surface area contributed by atoms with Crippen LogP contribution < -0.4 is 5.32 Å². The van der Waals surface area contributed by atoms with Crippen molar-refractivity contribution in [2.24, 2.45) is 5.92 Å². The zero-order valence-electron chi connectivity index (χ0n) is 26.6. The van der Waals surface area contributed by atoms with Crippen LogP contribution in [0.25, 0.3) is 0 Å². The standard InChI is InChI=1S/C34H65NO5/c1-4-5-6-7-8-9-10-11-12-13-14-15-18-21-24-27-32(36)35-31(29-33(37)38)34(39)40-28-25-22-19-16-17-20-23-26-30(2)3/h30-31H,4-29H2,1-3H3,(H,35,36)(H,37,38)/t31-/m0/s1. The van der Waals surface area contributed by atoms with Gasteiger partial charge < -0.3 is 15.2 Å². The number of aliphatic carboxylic acids is 1. The van der Waals surface area contributed by atoms with E-state index < -0.39 is 24.4 Å². The van der Waals surface area contributed by atoms with E-state index in [2.05, 4.69) is 26.1 Å². The van der Waals surface area contributed by atoms with Gasteiger partial charge in [-0.2, -0.15) is 0 Å². The molecule has 0 spiro atoms. The van der Waals surface area contributed by atoms with Crippen LogP contribution in [-0.2, 0) is 19.1 Å². The highest BCUT2D eigenvalue weighted by molar-refractivity contribution is 5.87. The first-order valence-corrected chi connectivity index (χ1v) is 17.0. The van der Waals surface area contributed by atoms with E-state index in [0.717, 1.165) is 44.4 Å². The Hall–Kier alpha value is -1.59. The average molecular weight is 568 g/mol. The molecule has 0 fully saturated rings. The van der Waals surface area contributed by atoms with E-state index in [1.165, 1.54) is 109 Å². The number of hydrogen-bond acceptors (Lipinski definition) is 4. The number of ether oxygens (including phenoxy) is 1. The zero-order valence-corrected chi connectivity index (χ0v) is 26.6. The average Bonchev–Trinajstić information content (AvgIpc) is 2.91. The second-order valence-corrected chi connectivity index (χ2v) is 12.2. The second kappa shape index (κ2) is 28.9. The number of esters is 1. The summed E-state index contributed by atoms with van der Waals surface area (Å²) in [5.41, 5.74) is 0. The highest BCUT2D eigenvalue weighted by Gasteiger charge is 2.25. The summed E-state index contributed by atoms with van der Waals surface area (Å²) in [5.74, 6) is -1.25. The van der Waals surface area contributed by atoms with Gasteiger partial charge in [-0.3, -0.25) is 9.59 Å². The summed E-state index contributed by atoms with van der Waals surface area (Å²) in [6, 6.07) is -1.11. The van der Waals surface area contributed by atoms with Crippen molar-refractivity contribution in [3.63, 3.8) is 0 Å². The summed E-state index contributed by atoms with van der Waals surface area (Å²) in [6.07, 6.45) is 28.0. The lowest BCUT2D eigenvalue weighted by Crippen LogP contribution is -2.43. The zero-order chi connectivity index (χ0) is 29.7. The third-order valence-electron chi connectivity index (χ3n) is 7.68. The quantitative estimate of drug-likeness (QED) is 0.0666. The summed E-state index contributed by atoms with van der Waals surface area (Å²) in [4.78, 5) is 35.9. The van der Waals surface area contributed by atoms with Gasteiger partial charge in [-0.25, -0.2) is 4.79 Å². The van der Waals surface area contributed by atoms with Gasteiger partial charge in [0.1, 0.15) is 6.04 Å². The van der Waals surface area contributed by atoms with Gasteiger partial charge in [0.2, 0.25) is 5.91 Å². The fraction of sp³-hybridized carbons (Fsp3) is 0.912. The molecular formula is C34H65NO5. The Kier molecular flexibility index (Phi) is 27.8. The van der Waals surface area contributed by atoms with E-state index in [9.17, 15) is 14.4 Å². The molecule has 0 aliphatic carbocycles. The molecule has 0 rings (SSSR count). The highest BCUT2D eigenvalue weighted by atomic mass is 16.5. The third kappa shape index (κ3) is 28.0. The van der Waals surface area contributed by atoms with E-state index in [0.29, 0.717) is 6.42 Å². The van der Waals surface area contributed by atoms with Crippen LogP contribution in [-0.4, -0.2) is 35.6 Å². The number of carbonyl (C=O) groups excluding carboxylic acids is 2. The molecule has 0 aromatic rings. The van der Waals surface area contributed by atoms with Gasteiger partial charge in [0.05, 0.1) is 13.0 Å². The Bertz CT molecular complexity index is 607. The first kappa shape index (κ1) is 38.4. The Morgan fingerprint density at radius 2 is 1.05 bits per heavy atom. The molecule has 2 N–H and O–H groups in total. The van der Waals surface area contributed by atoms with Crippen molar-refractivity contribution < 1.29 is 24.2 Å². The van der Waals surface area contributed by atoms with Crippen LogP contribution in [0.15, 0.2) is 0 Å². The highest BCUT2D eigenvalue weighted by Crippen LogP contribution is 2.14. The number of carboxylic acid groups (broad SMARTS) is 1. The molecule has 6 nitrogen and oxygen atoms in total. The lowest BCUT2D eigenvalue weighted by Gasteiger charge is -2.16. The first-order valence-electron chi connectivity index (χ1n) is 17.0. The molecule has 0 saturated carbocycles. The van der Waals surface area contributed by atoms with Gasteiger partial charge in [-0.05, 0) is 18.8 Å². The number of carbonyl (C=O) groups is 3. The third-order valence-corrected chi connectivity index (χ3v) is 7.68. The summed E-state index contributed by atoms with van der Waals surface area (Å²) in [6.45, 7) is 7.05. The summed E-state index contributed by atoms with van der Waals surface area (Å²) in [5, 5.41) is 11.8. The van der Waals surface area contributed by atoms with Gasteiger partial charge in [0, 0.05) is 6.42 Å². The van der Waals surface area contributed by atoms with Crippen molar-refractivity contribution >= 4 is 17.8 Å². The molecule has 0 aliphatic heterocycles. The largest absolute Gasteiger partial charge is 0.481 e. The topological polar surface area (TPSA) is 92.7 Å². The Morgan fingerprint density at radius 1 is 0.625 bits per heavy atom. The van der Waals surface area contributed by atoms with Crippen molar-refractivity contribution in [1.82, 2.24) is 5.32 Å². The molecule has 0 saturated heterocycles. The van der Waals surface area contributed by atoms with Crippen LogP contribution in [0.2, 0.25) is 0 Å². The Labute approximate surface area is 247 Å². The number of nitrogens with one attached hydrogen (secondary N) is 1. The molecule has 0 aliphatic rings. The maximum atomic E-state index is 12.4. The number of rotatable bonds is 30. The van der Waals surface area contributed by atoms with Crippen LogP contribution in [0.4, 0.5) is 0 Å². The predicted molar refractivity (Wildman–Crippen MR) is 166 cm³/mol. The van der Waals surface area contributed by atoms with E-state index in [1.807, 2.05) is 0 Å². The lowest BCUT2D eigenvalue weighted by atomic mass is 10.0. The molecule has 1 atom stereocenters. The fourth-order valence-electron chi connectivity index (χ4n) is 5.10. The van der Waals surface area contributed by atoms with Crippen LogP contribution in [0.1, 0.15) is 181 Å². The van der Waals surface area contributed by atoms with Crippen molar-refractivity contribution in [3.05, 3.63) is 0 Å². The normalized spacial score (nSPS) is 12.0. The minimum absolute atomic E-state index is 0.268. The van der Waals surface area contributed by atoms with E-state index in [-0.39, 0.29) is 12.5 Å². The van der Waals surface area contributed by atoms with Gasteiger partial charge >= 0.3 is 11.9 Å². The molecule has 0 aromatic carbocycles. The van der Waals surface area contributed by atoms with Crippen molar-refractivity contribution in [2.45, 2.75) is 187 Å². The lowest BCUT2D eigenvalue weighted by molar-refractivity contribution is -0.151. The molecule has 0 radical (unpaired) electrons.